The lowest BCUT2D eigenvalue weighted by molar-refractivity contribution is -0.167. The van der Waals surface area contributed by atoms with Gasteiger partial charge in [0.1, 0.15) is 13.2 Å². The fourth-order valence-electron chi connectivity index (χ4n) is 7.03. The van der Waals surface area contributed by atoms with E-state index in [-0.39, 0.29) is 31.1 Å². The summed E-state index contributed by atoms with van der Waals surface area (Å²) in [6.07, 6.45) is 56.7. The van der Waals surface area contributed by atoms with Crippen molar-refractivity contribution in [3.63, 3.8) is 0 Å². The molecule has 0 saturated carbocycles. The van der Waals surface area contributed by atoms with Gasteiger partial charge < -0.3 is 14.2 Å². The quantitative estimate of drug-likeness (QED) is 0.0263. The van der Waals surface area contributed by atoms with Gasteiger partial charge in [0, 0.05) is 19.3 Å². The molecule has 0 aliphatic rings. The van der Waals surface area contributed by atoms with E-state index in [0.29, 0.717) is 19.3 Å². The molecule has 0 amide bonds. The Morgan fingerprint density at radius 2 is 0.678 bits per heavy atom. The Balaban J connectivity index is 4.37. The SMILES string of the molecule is CC/C=C\C/C=C\C/C=C\CCCCCCC(=O)OC(COC(=O)CCCCCCC/C=C\CCCC)COC(=O)CCCCCCCCCCCCCCCCCC. The van der Waals surface area contributed by atoms with Crippen molar-refractivity contribution >= 4 is 17.9 Å². The fourth-order valence-corrected chi connectivity index (χ4v) is 7.03. The molecule has 0 fully saturated rings. The number of esters is 3. The van der Waals surface area contributed by atoms with Crippen LogP contribution in [0.4, 0.5) is 0 Å². The first-order valence-corrected chi connectivity index (χ1v) is 25.1. The maximum absolute atomic E-state index is 12.8. The maximum atomic E-state index is 12.8. The third-order valence-corrected chi connectivity index (χ3v) is 10.8. The third-order valence-electron chi connectivity index (χ3n) is 10.8. The first kappa shape index (κ1) is 56.4. The zero-order chi connectivity index (χ0) is 43.0. The molecule has 0 N–H and O–H groups in total. The van der Waals surface area contributed by atoms with E-state index in [4.69, 9.17) is 14.2 Å². The van der Waals surface area contributed by atoms with E-state index in [1.54, 1.807) is 0 Å². The van der Waals surface area contributed by atoms with Gasteiger partial charge in [0.05, 0.1) is 0 Å². The minimum atomic E-state index is -0.784. The predicted molar refractivity (Wildman–Crippen MR) is 252 cm³/mol. The van der Waals surface area contributed by atoms with Crippen molar-refractivity contribution in [3.8, 4) is 0 Å². The molecule has 0 aromatic carbocycles. The van der Waals surface area contributed by atoms with E-state index >= 15 is 0 Å². The molecular weight excluding hydrogens is 733 g/mol. The molecule has 0 heterocycles. The molecule has 0 saturated heterocycles. The highest BCUT2D eigenvalue weighted by Gasteiger charge is 2.19. The Bertz CT molecular complexity index is 1040. The Kier molecular flexibility index (Phi) is 45.9. The van der Waals surface area contributed by atoms with Gasteiger partial charge in [-0.05, 0) is 70.6 Å². The van der Waals surface area contributed by atoms with Gasteiger partial charge in [-0.3, -0.25) is 14.4 Å². The van der Waals surface area contributed by atoms with E-state index in [2.05, 4.69) is 69.4 Å². The molecule has 1 atom stereocenters. The van der Waals surface area contributed by atoms with Crippen molar-refractivity contribution in [2.75, 3.05) is 13.2 Å². The van der Waals surface area contributed by atoms with Crippen LogP contribution in [0.5, 0.6) is 0 Å². The number of hydrogen-bond acceptors (Lipinski definition) is 6. The zero-order valence-electron chi connectivity index (χ0n) is 39.0. The largest absolute Gasteiger partial charge is 0.462 e. The van der Waals surface area contributed by atoms with E-state index < -0.39 is 6.10 Å². The van der Waals surface area contributed by atoms with E-state index in [0.717, 1.165) is 96.3 Å². The average Bonchev–Trinajstić information content (AvgIpc) is 3.23. The van der Waals surface area contributed by atoms with Crippen LogP contribution < -0.4 is 0 Å². The lowest BCUT2D eigenvalue weighted by Crippen LogP contribution is -2.30. The van der Waals surface area contributed by atoms with Gasteiger partial charge in [0.25, 0.3) is 0 Å². The van der Waals surface area contributed by atoms with E-state index in [1.807, 2.05) is 0 Å². The van der Waals surface area contributed by atoms with Crippen molar-refractivity contribution in [1.82, 2.24) is 0 Å². The van der Waals surface area contributed by atoms with Gasteiger partial charge in [-0.2, -0.15) is 0 Å². The summed E-state index contributed by atoms with van der Waals surface area (Å²) in [4.78, 5) is 37.9. The van der Waals surface area contributed by atoms with Gasteiger partial charge in [-0.15, -0.1) is 0 Å². The molecule has 0 aliphatic carbocycles. The molecule has 0 radical (unpaired) electrons. The molecule has 59 heavy (non-hydrogen) atoms. The lowest BCUT2D eigenvalue weighted by Gasteiger charge is -2.18. The van der Waals surface area contributed by atoms with Crippen LogP contribution in [0.25, 0.3) is 0 Å². The third kappa shape index (κ3) is 46.3. The van der Waals surface area contributed by atoms with Gasteiger partial charge in [0.15, 0.2) is 6.10 Å². The Labute approximate surface area is 365 Å². The summed E-state index contributed by atoms with van der Waals surface area (Å²) in [5, 5.41) is 0. The topological polar surface area (TPSA) is 78.9 Å². The monoisotopic (exact) mass is 827 g/mol. The summed E-state index contributed by atoms with van der Waals surface area (Å²) in [5.41, 5.74) is 0. The summed E-state index contributed by atoms with van der Waals surface area (Å²) in [7, 11) is 0. The van der Waals surface area contributed by atoms with Gasteiger partial charge in [0.2, 0.25) is 0 Å². The van der Waals surface area contributed by atoms with Crippen LogP contribution in [-0.2, 0) is 28.6 Å². The van der Waals surface area contributed by atoms with Crippen molar-refractivity contribution in [3.05, 3.63) is 48.6 Å². The van der Waals surface area contributed by atoms with Crippen LogP contribution in [0.2, 0.25) is 0 Å². The van der Waals surface area contributed by atoms with Gasteiger partial charge in [-0.25, -0.2) is 0 Å². The van der Waals surface area contributed by atoms with Crippen LogP contribution in [0.3, 0.4) is 0 Å². The van der Waals surface area contributed by atoms with E-state index in [1.165, 1.54) is 116 Å². The maximum Gasteiger partial charge on any atom is 0.306 e. The number of carbonyl (C=O) groups is 3. The fraction of sp³-hybridized carbons (Fsp3) is 0.792. The van der Waals surface area contributed by atoms with Crippen molar-refractivity contribution < 1.29 is 28.6 Å². The second-order valence-electron chi connectivity index (χ2n) is 16.7. The number of unbranched alkanes of at least 4 members (excludes halogenated alkanes) is 26. The number of hydrogen-bond donors (Lipinski definition) is 0. The van der Waals surface area contributed by atoms with Crippen molar-refractivity contribution in [2.24, 2.45) is 0 Å². The Morgan fingerprint density at radius 1 is 0.356 bits per heavy atom. The molecule has 342 valence electrons. The molecule has 0 bridgehead atoms. The molecule has 0 aliphatic heterocycles. The normalized spacial score (nSPS) is 12.4. The minimum absolute atomic E-state index is 0.0828. The zero-order valence-corrected chi connectivity index (χ0v) is 39.0. The molecule has 0 aromatic rings. The van der Waals surface area contributed by atoms with Crippen LogP contribution in [-0.4, -0.2) is 37.2 Å². The molecule has 0 aromatic heterocycles. The average molecular weight is 827 g/mol. The predicted octanol–water partition coefficient (Wildman–Crippen LogP) is 16.3. The van der Waals surface area contributed by atoms with Crippen LogP contribution in [0, 0.1) is 0 Å². The van der Waals surface area contributed by atoms with E-state index in [9.17, 15) is 14.4 Å². The molecule has 0 rings (SSSR count). The lowest BCUT2D eigenvalue weighted by atomic mass is 10.0. The molecular formula is C53H94O6. The minimum Gasteiger partial charge on any atom is -0.462 e. The molecule has 6 heteroatoms. The van der Waals surface area contributed by atoms with Crippen LogP contribution >= 0.6 is 0 Å². The molecule has 0 spiro atoms. The number of allylic oxidation sites excluding steroid dienone is 8. The van der Waals surface area contributed by atoms with Crippen molar-refractivity contribution in [2.45, 2.75) is 258 Å². The highest BCUT2D eigenvalue weighted by molar-refractivity contribution is 5.71. The van der Waals surface area contributed by atoms with Gasteiger partial charge >= 0.3 is 17.9 Å². The second kappa shape index (κ2) is 48.0. The molecule has 6 nitrogen and oxygen atoms in total. The highest BCUT2D eigenvalue weighted by atomic mass is 16.6. The number of ether oxygens (including phenoxy) is 3. The number of carbonyl (C=O) groups excluding carboxylic acids is 3. The van der Waals surface area contributed by atoms with Crippen LogP contribution in [0.15, 0.2) is 48.6 Å². The first-order chi connectivity index (χ1) is 29.0. The standard InChI is InChI=1S/C53H94O6/c1-4-7-10-13-16-19-22-24-26-27-29-31-34-37-40-43-46-52(55)58-49-50(48-57-51(54)45-42-39-36-33-30-21-18-15-12-9-6-3)59-53(56)47-44-41-38-35-32-28-25-23-20-17-14-11-8-5-2/h8,11,15,17-18,20,25,28,50H,4-7,9-10,12-14,16,19,21-24,26-27,29-49H2,1-3H3/b11-8-,18-15-,20-17-,28-25-. The first-order valence-electron chi connectivity index (χ1n) is 25.1. The summed E-state index contributed by atoms with van der Waals surface area (Å²) >= 11 is 0. The summed E-state index contributed by atoms with van der Waals surface area (Å²) in [6.45, 7) is 6.47. The Hall–Kier alpha value is -2.63. The summed E-state index contributed by atoms with van der Waals surface area (Å²) < 4.78 is 16.7. The highest BCUT2D eigenvalue weighted by Crippen LogP contribution is 2.15. The molecule has 1 unspecified atom stereocenters. The van der Waals surface area contributed by atoms with Crippen molar-refractivity contribution in [1.29, 1.82) is 0 Å². The van der Waals surface area contributed by atoms with Crippen LogP contribution in [0.1, 0.15) is 252 Å². The Morgan fingerprint density at radius 3 is 1.10 bits per heavy atom. The van der Waals surface area contributed by atoms with Gasteiger partial charge in [-0.1, -0.05) is 211 Å². The summed E-state index contributed by atoms with van der Waals surface area (Å²) in [6, 6.07) is 0. The second-order valence-corrected chi connectivity index (χ2v) is 16.7. The smallest absolute Gasteiger partial charge is 0.306 e. The number of rotatable bonds is 45. The summed E-state index contributed by atoms with van der Waals surface area (Å²) in [5.74, 6) is -0.910.